The van der Waals surface area contributed by atoms with Crippen LogP contribution in [-0.4, -0.2) is 29.7 Å². The third-order valence-corrected chi connectivity index (χ3v) is 4.75. The van der Waals surface area contributed by atoms with Crippen molar-refractivity contribution in [2.45, 2.75) is 12.3 Å². The van der Waals surface area contributed by atoms with E-state index in [1.807, 2.05) is 0 Å². The van der Waals surface area contributed by atoms with Gasteiger partial charge in [-0.15, -0.1) is 0 Å². The van der Waals surface area contributed by atoms with Crippen LogP contribution in [0.1, 0.15) is 23.6 Å². The Kier molecular flexibility index (Phi) is 4.46. The van der Waals surface area contributed by atoms with E-state index in [1.165, 1.54) is 13.4 Å². The number of hydrogen-bond acceptors (Lipinski definition) is 4. The van der Waals surface area contributed by atoms with Crippen LogP contribution in [0.15, 0.2) is 42.7 Å². The van der Waals surface area contributed by atoms with Crippen LogP contribution in [0.25, 0.3) is 5.69 Å². The number of methoxy groups -OCH3 is 2. The number of imidazole rings is 1. The minimum absolute atomic E-state index is 0.0281. The lowest BCUT2D eigenvalue weighted by Gasteiger charge is -2.24. The van der Waals surface area contributed by atoms with Gasteiger partial charge in [0.1, 0.15) is 35.3 Å². The molecule has 0 aliphatic carbocycles. The van der Waals surface area contributed by atoms with Crippen molar-refractivity contribution in [2.75, 3.05) is 19.5 Å². The second-order valence-corrected chi connectivity index (χ2v) is 6.36. The molecular weight excluding hydrogens is 368 g/mol. The first-order valence-corrected chi connectivity index (χ1v) is 8.56. The molecule has 4 rings (SSSR count). The van der Waals surface area contributed by atoms with Gasteiger partial charge in [0.25, 0.3) is 0 Å². The number of nitrogens with one attached hydrogen (secondary N) is 1. The second kappa shape index (κ2) is 6.95. The summed E-state index contributed by atoms with van der Waals surface area (Å²) in [6.45, 7) is 0. The Bertz CT molecular complexity index is 1060. The second-order valence-electron chi connectivity index (χ2n) is 6.36. The molecule has 144 valence electrons. The van der Waals surface area contributed by atoms with Gasteiger partial charge in [-0.05, 0) is 30.3 Å². The van der Waals surface area contributed by atoms with Crippen molar-refractivity contribution in [3.8, 4) is 17.2 Å². The van der Waals surface area contributed by atoms with Crippen molar-refractivity contribution in [1.29, 1.82) is 0 Å². The van der Waals surface area contributed by atoms with Gasteiger partial charge >= 0.3 is 0 Å². The van der Waals surface area contributed by atoms with Crippen LogP contribution in [0, 0.1) is 11.6 Å². The molecule has 0 fully saturated rings. The van der Waals surface area contributed by atoms with Gasteiger partial charge in [0.05, 0.1) is 25.6 Å². The van der Waals surface area contributed by atoms with Crippen molar-refractivity contribution in [3.63, 3.8) is 0 Å². The summed E-state index contributed by atoms with van der Waals surface area (Å²) in [6.07, 6.45) is 1.48. The van der Waals surface area contributed by atoms with E-state index in [9.17, 15) is 13.6 Å². The number of benzene rings is 2. The zero-order valence-corrected chi connectivity index (χ0v) is 15.2. The van der Waals surface area contributed by atoms with Crippen molar-refractivity contribution < 1.29 is 23.0 Å². The summed E-state index contributed by atoms with van der Waals surface area (Å²) < 4.78 is 40.4. The van der Waals surface area contributed by atoms with Gasteiger partial charge in [0.2, 0.25) is 5.91 Å². The summed E-state index contributed by atoms with van der Waals surface area (Å²) in [5, 5.41) is 2.78. The fourth-order valence-electron chi connectivity index (χ4n) is 3.41. The van der Waals surface area contributed by atoms with Gasteiger partial charge in [-0.3, -0.25) is 9.36 Å². The van der Waals surface area contributed by atoms with Crippen LogP contribution in [-0.2, 0) is 4.79 Å². The number of carbonyl (C=O) groups excluding carboxylic acids is 1. The highest BCUT2D eigenvalue weighted by Gasteiger charge is 2.33. The highest BCUT2D eigenvalue weighted by atomic mass is 19.1. The van der Waals surface area contributed by atoms with E-state index < -0.39 is 17.6 Å². The summed E-state index contributed by atoms with van der Waals surface area (Å²) in [5.41, 5.74) is 1.14. The topological polar surface area (TPSA) is 65.4 Å². The largest absolute Gasteiger partial charge is 0.497 e. The molecule has 6 nitrogen and oxygen atoms in total. The third kappa shape index (κ3) is 2.96. The number of anilines is 1. The molecule has 1 unspecified atom stereocenters. The third-order valence-electron chi connectivity index (χ3n) is 4.75. The molecule has 1 amide bonds. The van der Waals surface area contributed by atoms with Crippen LogP contribution in [0.5, 0.6) is 11.5 Å². The van der Waals surface area contributed by atoms with E-state index in [1.54, 1.807) is 29.9 Å². The molecule has 0 saturated heterocycles. The number of hydrogen-bond donors (Lipinski definition) is 1. The van der Waals surface area contributed by atoms with Crippen molar-refractivity contribution >= 4 is 11.7 Å². The number of amides is 1. The van der Waals surface area contributed by atoms with Crippen LogP contribution in [0.3, 0.4) is 0 Å². The van der Waals surface area contributed by atoms with Crippen LogP contribution < -0.4 is 14.8 Å². The Morgan fingerprint density at radius 2 is 1.96 bits per heavy atom. The number of rotatable bonds is 4. The van der Waals surface area contributed by atoms with E-state index >= 15 is 0 Å². The summed E-state index contributed by atoms with van der Waals surface area (Å²) in [7, 11) is 3.07. The summed E-state index contributed by atoms with van der Waals surface area (Å²) >= 11 is 0. The number of nitrogens with zero attached hydrogens (tertiary/aromatic N) is 2. The lowest BCUT2D eigenvalue weighted by molar-refractivity contribution is -0.116. The van der Waals surface area contributed by atoms with Crippen LogP contribution in [0.4, 0.5) is 14.6 Å². The Labute approximate surface area is 159 Å². The molecule has 1 N–H and O–H groups in total. The van der Waals surface area contributed by atoms with Gasteiger partial charge < -0.3 is 14.8 Å². The molecule has 0 spiro atoms. The zero-order chi connectivity index (χ0) is 19.8. The highest BCUT2D eigenvalue weighted by Crippen LogP contribution is 2.40. The van der Waals surface area contributed by atoms with Crippen molar-refractivity contribution in [3.05, 3.63) is 65.6 Å². The molecule has 2 heterocycles. The maximum absolute atomic E-state index is 14.4. The maximum Gasteiger partial charge on any atom is 0.226 e. The lowest BCUT2D eigenvalue weighted by Crippen LogP contribution is -2.25. The summed E-state index contributed by atoms with van der Waals surface area (Å²) in [5.74, 6) is -0.653. The van der Waals surface area contributed by atoms with E-state index in [0.717, 1.165) is 18.2 Å². The zero-order valence-electron chi connectivity index (χ0n) is 15.2. The van der Waals surface area contributed by atoms with Crippen molar-refractivity contribution in [1.82, 2.24) is 9.55 Å². The Morgan fingerprint density at radius 1 is 1.14 bits per heavy atom. The van der Waals surface area contributed by atoms with Gasteiger partial charge in [-0.25, -0.2) is 13.8 Å². The number of carbonyl (C=O) groups is 1. The normalized spacial score (nSPS) is 15.7. The molecule has 8 heteroatoms. The number of fused-ring (bicyclic) bond motifs is 1. The fraction of sp³-hybridized carbons (Fsp3) is 0.200. The van der Waals surface area contributed by atoms with Gasteiger partial charge in [-0.2, -0.15) is 0 Å². The lowest BCUT2D eigenvalue weighted by atomic mass is 9.89. The monoisotopic (exact) mass is 385 g/mol. The highest BCUT2D eigenvalue weighted by molar-refractivity contribution is 5.94. The first kappa shape index (κ1) is 18.0. The molecule has 28 heavy (non-hydrogen) atoms. The molecule has 1 aliphatic rings. The van der Waals surface area contributed by atoms with E-state index in [4.69, 9.17) is 9.47 Å². The Morgan fingerprint density at radius 3 is 2.71 bits per heavy atom. The smallest absolute Gasteiger partial charge is 0.226 e. The molecule has 1 aromatic heterocycles. The maximum atomic E-state index is 14.4. The van der Waals surface area contributed by atoms with E-state index in [0.29, 0.717) is 28.7 Å². The molecule has 3 aromatic rings. The molecular formula is C20H17F2N3O3. The minimum Gasteiger partial charge on any atom is -0.497 e. The van der Waals surface area contributed by atoms with E-state index in [2.05, 4.69) is 10.3 Å². The quantitative estimate of drug-likeness (QED) is 0.745. The SMILES string of the molecule is COc1ccc(OC)c(-n2cnc3c2NC(=O)CC3c2cc(F)ccc2F)c1. The molecule has 0 radical (unpaired) electrons. The Hall–Kier alpha value is -3.42. The van der Waals surface area contributed by atoms with Gasteiger partial charge in [0.15, 0.2) is 0 Å². The van der Waals surface area contributed by atoms with Crippen LogP contribution >= 0.6 is 0 Å². The standard InChI is InChI=1S/C20H17F2N3O3/c1-27-12-4-6-17(28-2)16(8-12)25-10-23-19-14(9-18(26)24-20(19)25)13-7-11(21)3-5-15(13)22/h3-8,10,14H,9H2,1-2H3,(H,24,26). The predicted molar refractivity (Wildman–Crippen MR) is 98.1 cm³/mol. The fourth-order valence-corrected chi connectivity index (χ4v) is 3.41. The van der Waals surface area contributed by atoms with Gasteiger partial charge in [0, 0.05) is 24.0 Å². The Balaban J connectivity index is 1.87. The molecule has 0 bridgehead atoms. The first-order valence-electron chi connectivity index (χ1n) is 8.56. The summed E-state index contributed by atoms with van der Waals surface area (Å²) in [6, 6.07) is 8.41. The van der Waals surface area contributed by atoms with Crippen LogP contribution in [0.2, 0.25) is 0 Å². The van der Waals surface area contributed by atoms with Gasteiger partial charge in [-0.1, -0.05) is 0 Å². The number of aromatic nitrogens is 2. The first-order chi connectivity index (χ1) is 13.5. The van der Waals surface area contributed by atoms with E-state index in [-0.39, 0.29) is 17.9 Å². The minimum atomic E-state index is -0.697. The predicted octanol–water partition coefficient (Wildman–Crippen LogP) is 3.64. The molecule has 1 aliphatic heterocycles. The number of halogens is 2. The molecule has 1 atom stereocenters. The van der Waals surface area contributed by atoms with Crippen molar-refractivity contribution in [2.24, 2.45) is 0 Å². The average molecular weight is 385 g/mol. The molecule has 2 aromatic carbocycles. The molecule has 0 saturated carbocycles. The number of ether oxygens (including phenoxy) is 2. The average Bonchev–Trinajstić information content (AvgIpc) is 3.12. The summed E-state index contributed by atoms with van der Waals surface area (Å²) in [4.78, 5) is 16.7.